The lowest BCUT2D eigenvalue weighted by molar-refractivity contribution is -0.843. The van der Waals surface area contributed by atoms with Crippen molar-refractivity contribution in [1.82, 2.24) is 0 Å². The SMILES string of the molecule is CC(CN1c2ccccc2Sc2ccccc21)C[N+](C)(C)[O-]. The van der Waals surface area contributed by atoms with Gasteiger partial charge in [-0.25, -0.2) is 0 Å². The molecular formula is C18H22N2OS. The molecule has 0 saturated heterocycles. The first-order valence-corrected chi connectivity index (χ1v) is 8.43. The van der Waals surface area contributed by atoms with Crippen LogP contribution in [-0.4, -0.2) is 31.8 Å². The third-order valence-electron chi connectivity index (χ3n) is 3.78. The molecule has 0 saturated carbocycles. The van der Waals surface area contributed by atoms with Crippen LogP contribution in [0.15, 0.2) is 58.3 Å². The number of para-hydroxylation sites is 2. The molecule has 1 aliphatic rings. The fourth-order valence-corrected chi connectivity index (χ4v) is 4.19. The van der Waals surface area contributed by atoms with E-state index in [1.54, 1.807) is 14.1 Å². The minimum Gasteiger partial charge on any atom is -0.633 e. The highest BCUT2D eigenvalue weighted by molar-refractivity contribution is 7.99. The van der Waals surface area contributed by atoms with E-state index in [0.717, 1.165) is 6.54 Å². The third-order valence-corrected chi connectivity index (χ3v) is 4.91. The first kappa shape index (κ1) is 15.4. The second kappa shape index (κ2) is 5.95. The molecule has 0 bridgehead atoms. The lowest BCUT2D eigenvalue weighted by atomic mass is 10.1. The maximum Gasteiger partial charge on any atom is 0.0823 e. The van der Waals surface area contributed by atoms with Gasteiger partial charge in [0.15, 0.2) is 0 Å². The van der Waals surface area contributed by atoms with Crippen molar-refractivity contribution >= 4 is 23.1 Å². The standard InChI is InChI=1S/C18H22N2OS/c1-14(13-20(2,3)21)12-19-15-8-4-6-10-17(15)22-18-11-7-5-9-16(18)19/h4-11,14H,12-13H2,1-3H3. The lowest BCUT2D eigenvalue weighted by Gasteiger charge is -2.39. The number of rotatable bonds is 4. The fraction of sp³-hybridized carbons (Fsp3) is 0.333. The zero-order valence-electron chi connectivity index (χ0n) is 13.3. The number of hydrogen-bond acceptors (Lipinski definition) is 3. The highest BCUT2D eigenvalue weighted by atomic mass is 32.2. The minimum absolute atomic E-state index is 0.243. The van der Waals surface area contributed by atoms with Crippen LogP contribution in [0.25, 0.3) is 0 Å². The van der Waals surface area contributed by atoms with E-state index in [1.165, 1.54) is 21.2 Å². The molecule has 3 rings (SSSR count). The number of benzene rings is 2. The van der Waals surface area contributed by atoms with Crippen LogP contribution in [0, 0.1) is 11.1 Å². The number of quaternary nitrogens is 1. The van der Waals surface area contributed by atoms with Gasteiger partial charge in [0.25, 0.3) is 0 Å². The Hall–Kier alpha value is -1.49. The van der Waals surface area contributed by atoms with Gasteiger partial charge in [0.1, 0.15) is 0 Å². The first-order chi connectivity index (χ1) is 10.4. The predicted molar refractivity (Wildman–Crippen MR) is 93.5 cm³/mol. The maximum absolute atomic E-state index is 12.0. The van der Waals surface area contributed by atoms with Crippen molar-refractivity contribution in [1.29, 1.82) is 0 Å². The second-order valence-corrected chi connectivity index (χ2v) is 7.59. The molecule has 0 radical (unpaired) electrons. The molecule has 4 heteroatoms. The summed E-state index contributed by atoms with van der Waals surface area (Å²) in [5.41, 5.74) is 2.49. The molecule has 1 heterocycles. The van der Waals surface area contributed by atoms with Crippen molar-refractivity contribution in [3.8, 4) is 0 Å². The van der Waals surface area contributed by atoms with Gasteiger partial charge in [-0.3, -0.25) is 0 Å². The van der Waals surface area contributed by atoms with E-state index >= 15 is 0 Å². The highest BCUT2D eigenvalue weighted by Crippen LogP contribution is 2.47. The molecule has 116 valence electrons. The van der Waals surface area contributed by atoms with E-state index in [0.29, 0.717) is 12.5 Å². The summed E-state index contributed by atoms with van der Waals surface area (Å²) in [4.78, 5) is 4.93. The Morgan fingerprint density at radius 2 is 1.50 bits per heavy atom. The van der Waals surface area contributed by atoms with Crippen LogP contribution in [0.2, 0.25) is 0 Å². The molecule has 3 nitrogen and oxygen atoms in total. The van der Waals surface area contributed by atoms with E-state index in [4.69, 9.17) is 0 Å². The molecule has 0 amide bonds. The molecule has 0 aliphatic carbocycles. The topological polar surface area (TPSA) is 26.3 Å². The normalized spacial score (nSPS) is 15.2. The summed E-state index contributed by atoms with van der Waals surface area (Å²) < 4.78 is -0.243. The average Bonchev–Trinajstić information content (AvgIpc) is 2.45. The Bertz CT molecular complexity index is 621. The number of nitrogens with zero attached hydrogens (tertiary/aromatic N) is 2. The van der Waals surface area contributed by atoms with Crippen LogP contribution in [0.1, 0.15) is 6.92 Å². The first-order valence-electron chi connectivity index (χ1n) is 7.61. The molecular weight excluding hydrogens is 292 g/mol. The zero-order chi connectivity index (χ0) is 15.7. The molecule has 0 spiro atoms. The van der Waals surface area contributed by atoms with E-state index in [2.05, 4.69) is 60.4 Å². The second-order valence-electron chi connectivity index (χ2n) is 6.51. The lowest BCUT2D eigenvalue weighted by Crippen LogP contribution is -2.40. The molecule has 0 aromatic heterocycles. The predicted octanol–water partition coefficient (Wildman–Crippen LogP) is 4.50. The van der Waals surface area contributed by atoms with E-state index in [9.17, 15) is 5.21 Å². The number of fused-ring (bicyclic) bond motifs is 2. The Morgan fingerprint density at radius 3 is 2.00 bits per heavy atom. The van der Waals surface area contributed by atoms with Gasteiger partial charge in [-0.15, -0.1) is 0 Å². The van der Waals surface area contributed by atoms with Crippen molar-refractivity contribution in [2.45, 2.75) is 16.7 Å². The Morgan fingerprint density at radius 1 is 1.00 bits per heavy atom. The highest BCUT2D eigenvalue weighted by Gasteiger charge is 2.25. The molecule has 0 fully saturated rings. The van der Waals surface area contributed by atoms with Crippen molar-refractivity contribution in [3.05, 3.63) is 53.7 Å². The largest absolute Gasteiger partial charge is 0.633 e. The van der Waals surface area contributed by atoms with Gasteiger partial charge >= 0.3 is 0 Å². The molecule has 0 N–H and O–H groups in total. The van der Waals surface area contributed by atoms with Gasteiger partial charge in [0, 0.05) is 22.3 Å². The van der Waals surface area contributed by atoms with Gasteiger partial charge in [-0.2, -0.15) is 0 Å². The monoisotopic (exact) mass is 314 g/mol. The smallest absolute Gasteiger partial charge is 0.0823 e. The number of hydroxylamine groups is 3. The van der Waals surface area contributed by atoms with Gasteiger partial charge in [0.05, 0.1) is 32.0 Å². The fourth-order valence-electron chi connectivity index (χ4n) is 3.10. The van der Waals surface area contributed by atoms with Crippen molar-refractivity contribution in [2.75, 3.05) is 32.1 Å². The molecule has 1 atom stereocenters. The maximum atomic E-state index is 12.0. The summed E-state index contributed by atoms with van der Waals surface area (Å²) in [6, 6.07) is 17.0. The van der Waals surface area contributed by atoms with Crippen molar-refractivity contribution in [2.24, 2.45) is 5.92 Å². The zero-order valence-corrected chi connectivity index (χ0v) is 14.1. The third kappa shape index (κ3) is 3.29. The van der Waals surface area contributed by atoms with E-state index in [-0.39, 0.29) is 4.65 Å². The average molecular weight is 314 g/mol. The van der Waals surface area contributed by atoms with Crippen LogP contribution in [0.5, 0.6) is 0 Å². The summed E-state index contributed by atoms with van der Waals surface area (Å²) in [5.74, 6) is 0.316. The minimum atomic E-state index is -0.243. The van der Waals surface area contributed by atoms with Crippen molar-refractivity contribution < 1.29 is 4.65 Å². The summed E-state index contributed by atoms with van der Waals surface area (Å²) >= 11 is 1.82. The van der Waals surface area contributed by atoms with Crippen LogP contribution in [0.3, 0.4) is 0 Å². The molecule has 1 unspecified atom stereocenters. The molecule has 1 aliphatic heterocycles. The Balaban J connectivity index is 1.93. The molecule has 2 aromatic rings. The molecule has 2 aromatic carbocycles. The van der Waals surface area contributed by atoms with Crippen LogP contribution in [-0.2, 0) is 0 Å². The van der Waals surface area contributed by atoms with Crippen LogP contribution >= 0.6 is 11.8 Å². The Kier molecular flexibility index (Phi) is 4.17. The van der Waals surface area contributed by atoms with Crippen LogP contribution < -0.4 is 4.90 Å². The number of hydrogen-bond donors (Lipinski definition) is 0. The van der Waals surface area contributed by atoms with Crippen LogP contribution in [0.4, 0.5) is 11.4 Å². The molecule has 22 heavy (non-hydrogen) atoms. The van der Waals surface area contributed by atoms with Gasteiger partial charge in [-0.05, 0) is 24.3 Å². The van der Waals surface area contributed by atoms with E-state index < -0.39 is 0 Å². The quantitative estimate of drug-likeness (QED) is 0.614. The van der Waals surface area contributed by atoms with E-state index in [1.807, 2.05) is 11.8 Å². The van der Waals surface area contributed by atoms with Gasteiger partial charge < -0.3 is 14.8 Å². The van der Waals surface area contributed by atoms with Gasteiger partial charge in [0.2, 0.25) is 0 Å². The summed E-state index contributed by atoms with van der Waals surface area (Å²) in [7, 11) is 3.43. The summed E-state index contributed by atoms with van der Waals surface area (Å²) in [6.07, 6.45) is 0. The van der Waals surface area contributed by atoms with Gasteiger partial charge in [-0.1, -0.05) is 43.0 Å². The van der Waals surface area contributed by atoms with Crippen molar-refractivity contribution in [3.63, 3.8) is 0 Å². The summed E-state index contributed by atoms with van der Waals surface area (Å²) in [6.45, 7) is 3.64. The Labute approximate surface area is 136 Å². The number of anilines is 2. The summed E-state index contributed by atoms with van der Waals surface area (Å²) in [5, 5.41) is 12.0.